The van der Waals surface area contributed by atoms with E-state index in [-0.39, 0.29) is 23.6 Å². The fourth-order valence-corrected chi connectivity index (χ4v) is 3.10. The maximum atomic E-state index is 13.3. The van der Waals surface area contributed by atoms with Crippen molar-refractivity contribution in [2.24, 2.45) is 0 Å². The van der Waals surface area contributed by atoms with Gasteiger partial charge < -0.3 is 9.47 Å². The fraction of sp³-hybridized carbons (Fsp3) is 0.235. The molecular formula is C17H18FNO5S. The molecule has 2 aromatic carbocycles. The van der Waals surface area contributed by atoms with Crippen molar-refractivity contribution < 1.29 is 27.1 Å². The zero-order chi connectivity index (χ0) is 18.4. The molecule has 0 aromatic heterocycles. The first-order chi connectivity index (χ1) is 11.8. The number of rotatable bonds is 7. The van der Waals surface area contributed by atoms with Gasteiger partial charge >= 0.3 is 5.97 Å². The van der Waals surface area contributed by atoms with Crippen molar-refractivity contribution in [3.8, 4) is 5.75 Å². The molecule has 0 spiro atoms. The molecule has 0 saturated carbocycles. The highest BCUT2D eigenvalue weighted by Gasteiger charge is 2.16. The van der Waals surface area contributed by atoms with Crippen LogP contribution in [0.5, 0.6) is 5.75 Å². The van der Waals surface area contributed by atoms with E-state index in [0.717, 1.165) is 6.07 Å². The van der Waals surface area contributed by atoms with Crippen LogP contribution >= 0.6 is 0 Å². The van der Waals surface area contributed by atoms with Crippen LogP contribution in [0.2, 0.25) is 0 Å². The molecule has 0 unspecified atom stereocenters. The summed E-state index contributed by atoms with van der Waals surface area (Å²) in [4.78, 5) is 11.0. The first kappa shape index (κ1) is 18.7. The second-order valence-electron chi connectivity index (χ2n) is 5.21. The van der Waals surface area contributed by atoms with Gasteiger partial charge in [0.05, 0.1) is 30.7 Å². The summed E-state index contributed by atoms with van der Waals surface area (Å²) >= 11 is 0. The molecule has 0 fully saturated rings. The fourth-order valence-electron chi connectivity index (χ4n) is 1.98. The summed E-state index contributed by atoms with van der Waals surface area (Å²) < 4.78 is 50.2. The summed E-state index contributed by atoms with van der Waals surface area (Å²) in [7, 11) is -2.57. The Labute approximate surface area is 145 Å². The van der Waals surface area contributed by atoms with Crippen molar-refractivity contribution in [1.82, 2.24) is 0 Å². The number of anilines is 1. The molecule has 0 atom stereocenters. The van der Waals surface area contributed by atoms with Gasteiger partial charge in [-0.25, -0.2) is 12.8 Å². The van der Waals surface area contributed by atoms with Crippen LogP contribution in [0.3, 0.4) is 0 Å². The molecule has 0 aliphatic rings. The van der Waals surface area contributed by atoms with Crippen LogP contribution in [0.4, 0.5) is 10.1 Å². The third-order valence-electron chi connectivity index (χ3n) is 3.38. The lowest BCUT2D eigenvalue weighted by molar-refractivity contribution is -0.141. The minimum atomic E-state index is -3.85. The van der Waals surface area contributed by atoms with Gasteiger partial charge in [0.1, 0.15) is 11.6 Å². The van der Waals surface area contributed by atoms with Gasteiger partial charge in [0, 0.05) is 0 Å². The van der Waals surface area contributed by atoms with Crippen LogP contribution in [-0.2, 0) is 19.6 Å². The van der Waals surface area contributed by atoms with Crippen molar-refractivity contribution in [3.63, 3.8) is 0 Å². The normalized spacial score (nSPS) is 11.0. The van der Waals surface area contributed by atoms with Crippen molar-refractivity contribution in [2.45, 2.75) is 18.2 Å². The van der Waals surface area contributed by atoms with E-state index in [1.54, 1.807) is 6.92 Å². The van der Waals surface area contributed by atoms with E-state index in [1.165, 1.54) is 43.5 Å². The lowest BCUT2D eigenvalue weighted by atomic mass is 10.2. The predicted octanol–water partition coefficient (Wildman–Crippen LogP) is 2.88. The molecule has 134 valence electrons. The van der Waals surface area contributed by atoms with E-state index in [4.69, 9.17) is 4.74 Å². The molecule has 2 aromatic rings. The van der Waals surface area contributed by atoms with E-state index in [9.17, 15) is 17.6 Å². The number of aryl methyl sites for hydroxylation is 1. The van der Waals surface area contributed by atoms with Crippen molar-refractivity contribution in [3.05, 3.63) is 53.8 Å². The largest absolute Gasteiger partial charge is 0.493 e. The van der Waals surface area contributed by atoms with E-state index >= 15 is 0 Å². The van der Waals surface area contributed by atoms with E-state index < -0.39 is 21.8 Å². The molecule has 0 heterocycles. The van der Waals surface area contributed by atoms with Crippen LogP contribution in [0.25, 0.3) is 0 Å². The van der Waals surface area contributed by atoms with Crippen molar-refractivity contribution >= 4 is 21.7 Å². The van der Waals surface area contributed by atoms with Gasteiger partial charge in [0.15, 0.2) is 0 Å². The number of sulfonamides is 1. The van der Waals surface area contributed by atoms with Gasteiger partial charge in [-0.3, -0.25) is 9.52 Å². The van der Waals surface area contributed by atoms with Gasteiger partial charge in [0.25, 0.3) is 10.0 Å². The molecule has 0 saturated heterocycles. The van der Waals surface area contributed by atoms with E-state index in [2.05, 4.69) is 9.46 Å². The zero-order valence-electron chi connectivity index (χ0n) is 13.8. The lowest BCUT2D eigenvalue weighted by Gasteiger charge is -2.11. The summed E-state index contributed by atoms with van der Waals surface area (Å²) in [6.45, 7) is 1.80. The number of carbonyl (C=O) groups excluding carboxylic acids is 1. The number of esters is 1. The topological polar surface area (TPSA) is 81.7 Å². The second-order valence-corrected chi connectivity index (χ2v) is 6.89. The average Bonchev–Trinajstić information content (AvgIpc) is 2.58. The number of halogens is 1. The van der Waals surface area contributed by atoms with Gasteiger partial charge in [-0.15, -0.1) is 0 Å². The smallest absolute Gasteiger partial charge is 0.308 e. The highest BCUT2D eigenvalue weighted by molar-refractivity contribution is 7.92. The number of nitrogens with one attached hydrogen (secondary N) is 1. The van der Waals surface area contributed by atoms with E-state index in [0.29, 0.717) is 11.3 Å². The van der Waals surface area contributed by atoms with Crippen LogP contribution in [0.1, 0.15) is 12.0 Å². The Bertz CT molecular complexity index is 850. The maximum absolute atomic E-state index is 13.3. The van der Waals surface area contributed by atoms with Crippen LogP contribution in [0.15, 0.2) is 47.4 Å². The summed E-state index contributed by atoms with van der Waals surface area (Å²) in [6, 6.07) is 9.56. The van der Waals surface area contributed by atoms with Crippen LogP contribution in [-0.4, -0.2) is 28.1 Å². The van der Waals surface area contributed by atoms with Gasteiger partial charge in [-0.05, 0) is 48.9 Å². The summed E-state index contributed by atoms with van der Waals surface area (Å²) in [5, 5.41) is 0. The quantitative estimate of drug-likeness (QED) is 0.761. The van der Waals surface area contributed by atoms with Crippen molar-refractivity contribution in [2.75, 3.05) is 18.4 Å². The predicted molar refractivity (Wildman–Crippen MR) is 90.5 cm³/mol. The summed E-state index contributed by atoms with van der Waals surface area (Å²) in [6.07, 6.45) is 0.0942. The van der Waals surface area contributed by atoms with Gasteiger partial charge in [-0.2, -0.15) is 0 Å². The summed E-state index contributed by atoms with van der Waals surface area (Å²) in [5.74, 6) is -0.503. The molecular weight excluding hydrogens is 349 g/mol. The Morgan fingerprint density at radius 2 is 1.84 bits per heavy atom. The minimum Gasteiger partial charge on any atom is -0.493 e. The molecule has 0 aliphatic carbocycles. The molecule has 0 bridgehead atoms. The first-order valence-electron chi connectivity index (χ1n) is 7.40. The van der Waals surface area contributed by atoms with Crippen molar-refractivity contribution in [1.29, 1.82) is 0 Å². The molecule has 2 rings (SSSR count). The Hall–Kier alpha value is -2.61. The number of carbonyl (C=O) groups is 1. The van der Waals surface area contributed by atoms with E-state index in [1.807, 2.05) is 0 Å². The second kappa shape index (κ2) is 7.98. The molecule has 0 amide bonds. The lowest BCUT2D eigenvalue weighted by Crippen LogP contribution is -2.14. The summed E-state index contributed by atoms with van der Waals surface area (Å²) in [5.41, 5.74) is 0.783. The molecule has 1 N–H and O–H groups in total. The first-order valence-corrected chi connectivity index (χ1v) is 8.89. The zero-order valence-corrected chi connectivity index (χ0v) is 14.6. The monoisotopic (exact) mass is 367 g/mol. The molecule has 25 heavy (non-hydrogen) atoms. The number of hydrogen-bond acceptors (Lipinski definition) is 5. The molecule has 0 radical (unpaired) electrons. The standard InChI is InChI=1S/C17H18FNO5S/c1-12-3-4-13(18)11-16(12)19-25(21,22)15-7-5-14(6-8-15)24-10-9-17(20)23-2/h3-8,11,19H,9-10H2,1-2H3. The van der Waals surface area contributed by atoms with Crippen LogP contribution < -0.4 is 9.46 Å². The number of ether oxygens (including phenoxy) is 2. The molecule has 0 aliphatic heterocycles. The molecule has 6 nitrogen and oxygen atoms in total. The number of hydrogen-bond donors (Lipinski definition) is 1. The van der Waals surface area contributed by atoms with Gasteiger partial charge in [-0.1, -0.05) is 6.07 Å². The Morgan fingerprint density at radius 1 is 1.16 bits per heavy atom. The number of methoxy groups -OCH3 is 1. The minimum absolute atomic E-state index is 0.0106. The Balaban J connectivity index is 2.07. The maximum Gasteiger partial charge on any atom is 0.308 e. The Morgan fingerprint density at radius 3 is 2.48 bits per heavy atom. The third kappa shape index (κ3) is 5.18. The van der Waals surface area contributed by atoms with Gasteiger partial charge in [0.2, 0.25) is 0 Å². The average molecular weight is 367 g/mol. The highest BCUT2D eigenvalue weighted by Crippen LogP contribution is 2.22. The molecule has 8 heteroatoms. The Kier molecular flexibility index (Phi) is 5.97. The van der Waals surface area contributed by atoms with Crippen LogP contribution in [0, 0.1) is 12.7 Å². The SMILES string of the molecule is COC(=O)CCOc1ccc(S(=O)(=O)Nc2cc(F)ccc2C)cc1. The highest BCUT2D eigenvalue weighted by atomic mass is 32.2. The number of benzene rings is 2. The third-order valence-corrected chi connectivity index (χ3v) is 4.76.